The van der Waals surface area contributed by atoms with E-state index in [1.54, 1.807) is 13.8 Å². The van der Waals surface area contributed by atoms with Crippen molar-refractivity contribution in [3.8, 4) is 0 Å². The van der Waals surface area contributed by atoms with Crippen LogP contribution < -0.4 is 22.1 Å². The van der Waals surface area contributed by atoms with Gasteiger partial charge in [-0.15, -0.1) is 0 Å². The van der Waals surface area contributed by atoms with Crippen molar-refractivity contribution >= 4 is 23.8 Å². The predicted molar refractivity (Wildman–Crippen MR) is 105 cm³/mol. The molecule has 0 aliphatic carbocycles. The lowest BCUT2D eigenvalue weighted by atomic mass is 9.99. The van der Waals surface area contributed by atoms with E-state index < -0.39 is 47.9 Å². The third-order valence-electron chi connectivity index (χ3n) is 4.38. The van der Waals surface area contributed by atoms with Crippen LogP contribution in [0, 0.1) is 11.8 Å². The summed E-state index contributed by atoms with van der Waals surface area (Å²) in [5.41, 5.74) is 10.6. The molecule has 0 saturated carbocycles. The van der Waals surface area contributed by atoms with Gasteiger partial charge in [0, 0.05) is 0 Å². The second-order valence-electron chi connectivity index (χ2n) is 7.00. The molecule has 0 heterocycles. The lowest BCUT2D eigenvalue weighted by Crippen LogP contribution is -2.50. The first-order chi connectivity index (χ1) is 12.8. The van der Waals surface area contributed by atoms with Crippen LogP contribution in [0.15, 0.2) is 0 Å². The van der Waals surface area contributed by atoms with Gasteiger partial charge in [-0.05, 0) is 25.7 Å². The van der Waals surface area contributed by atoms with E-state index in [0.717, 1.165) is 0 Å². The number of rotatable bonds is 10. The van der Waals surface area contributed by atoms with Crippen molar-refractivity contribution in [2.24, 2.45) is 23.3 Å². The normalized spacial score (nSPS) is 16.9. The van der Waals surface area contributed by atoms with Gasteiger partial charge < -0.3 is 32.3 Å². The summed E-state index contributed by atoms with van der Waals surface area (Å²) >= 11 is 0. The fraction of sp³-hybridized carbons (Fsp3) is 0.778. The molecule has 2 amide bonds. The summed E-state index contributed by atoms with van der Waals surface area (Å²) in [4.78, 5) is 44.0. The van der Waals surface area contributed by atoms with Gasteiger partial charge in [0.05, 0.1) is 12.1 Å². The number of carboxylic acid groups (broad SMARTS) is 2. The van der Waals surface area contributed by atoms with E-state index in [0.29, 0.717) is 12.8 Å². The molecule has 164 valence electrons. The average Bonchev–Trinajstić information content (AvgIpc) is 2.61. The summed E-state index contributed by atoms with van der Waals surface area (Å²) in [5.74, 6) is -3.11. The number of carbonyl (C=O) groups excluding carboxylic acids is 2. The highest BCUT2D eigenvalue weighted by molar-refractivity contribution is 5.87. The Bertz CT molecular complexity index is 478. The Labute approximate surface area is 166 Å². The van der Waals surface area contributed by atoms with Crippen LogP contribution in [0.4, 0.5) is 0 Å². The number of hydrogen-bond donors (Lipinski definition) is 6. The Morgan fingerprint density at radius 2 is 0.964 bits per heavy atom. The largest absolute Gasteiger partial charge is 0.480 e. The molecule has 10 heteroatoms. The Balaban J connectivity index is 0. The van der Waals surface area contributed by atoms with Gasteiger partial charge in [0.25, 0.3) is 0 Å². The van der Waals surface area contributed by atoms with Crippen LogP contribution in [0.5, 0.6) is 0 Å². The minimum absolute atomic E-state index is 0.102. The third-order valence-corrected chi connectivity index (χ3v) is 4.38. The van der Waals surface area contributed by atoms with Crippen LogP contribution >= 0.6 is 0 Å². The van der Waals surface area contributed by atoms with Crippen molar-refractivity contribution in [3.63, 3.8) is 0 Å². The molecule has 10 nitrogen and oxygen atoms in total. The summed E-state index contributed by atoms with van der Waals surface area (Å²) < 4.78 is 0. The van der Waals surface area contributed by atoms with Crippen LogP contribution in [-0.4, -0.2) is 58.1 Å². The minimum atomic E-state index is -1.02. The van der Waals surface area contributed by atoms with Crippen molar-refractivity contribution in [2.45, 2.75) is 78.6 Å². The van der Waals surface area contributed by atoms with Crippen molar-refractivity contribution in [1.29, 1.82) is 0 Å². The Hall–Kier alpha value is -2.20. The van der Waals surface area contributed by atoms with E-state index in [1.165, 1.54) is 13.8 Å². The van der Waals surface area contributed by atoms with Gasteiger partial charge in [0.1, 0.15) is 12.1 Å². The molecule has 0 aromatic rings. The van der Waals surface area contributed by atoms with E-state index in [2.05, 4.69) is 10.6 Å². The molecular formula is C18H36N4O6. The fourth-order valence-corrected chi connectivity index (χ4v) is 1.94. The molecule has 0 aliphatic rings. The third kappa shape index (κ3) is 10.8. The van der Waals surface area contributed by atoms with E-state index >= 15 is 0 Å². The molecule has 6 atom stereocenters. The molecular weight excluding hydrogens is 368 g/mol. The Morgan fingerprint density at radius 3 is 1.11 bits per heavy atom. The van der Waals surface area contributed by atoms with E-state index in [-0.39, 0.29) is 11.8 Å². The number of amides is 2. The van der Waals surface area contributed by atoms with Crippen molar-refractivity contribution < 1.29 is 29.4 Å². The summed E-state index contributed by atoms with van der Waals surface area (Å²) in [5, 5.41) is 22.5. The SMILES string of the molecule is CC[C@H](C)[C@H](NC(=O)[C@H](C)N)C(=O)O.CC[C@H](C)[C@H](NC(=O)[C@H](C)N)C(=O)O. The molecule has 0 radical (unpaired) electrons. The molecule has 0 aromatic heterocycles. The highest BCUT2D eigenvalue weighted by Gasteiger charge is 2.26. The van der Waals surface area contributed by atoms with Gasteiger partial charge >= 0.3 is 11.9 Å². The number of nitrogens with one attached hydrogen (secondary N) is 2. The number of nitrogens with two attached hydrogens (primary N) is 2. The van der Waals surface area contributed by atoms with Gasteiger partial charge in [0.15, 0.2) is 0 Å². The van der Waals surface area contributed by atoms with Crippen LogP contribution in [0.3, 0.4) is 0 Å². The quantitative estimate of drug-likeness (QED) is 0.291. The summed E-state index contributed by atoms with van der Waals surface area (Å²) in [6.45, 7) is 10.3. The summed E-state index contributed by atoms with van der Waals surface area (Å²) in [6, 6.07) is -3.06. The van der Waals surface area contributed by atoms with Gasteiger partial charge in [-0.3, -0.25) is 9.59 Å². The van der Waals surface area contributed by atoms with Crippen molar-refractivity contribution in [2.75, 3.05) is 0 Å². The number of hydrogen-bond acceptors (Lipinski definition) is 6. The zero-order valence-electron chi connectivity index (χ0n) is 17.6. The van der Waals surface area contributed by atoms with Crippen LogP contribution in [0.2, 0.25) is 0 Å². The molecule has 28 heavy (non-hydrogen) atoms. The molecule has 0 bridgehead atoms. The van der Waals surface area contributed by atoms with E-state index in [1.807, 2.05) is 13.8 Å². The van der Waals surface area contributed by atoms with Gasteiger partial charge in [-0.2, -0.15) is 0 Å². The lowest BCUT2D eigenvalue weighted by molar-refractivity contribution is -0.143. The first-order valence-electron chi connectivity index (χ1n) is 9.37. The van der Waals surface area contributed by atoms with Gasteiger partial charge in [-0.1, -0.05) is 40.5 Å². The molecule has 0 aromatic carbocycles. The smallest absolute Gasteiger partial charge is 0.326 e. The molecule has 0 spiro atoms. The van der Waals surface area contributed by atoms with Crippen molar-refractivity contribution in [1.82, 2.24) is 10.6 Å². The van der Waals surface area contributed by atoms with Crippen LogP contribution in [0.25, 0.3) is 0 Å². The predicted octanol–water partition coefficient (Wildman–Crippen LogP) is -0.102. The van der Waals surface area contributed by atoms with E-state index in [4.69, 9.17) is 21.7 Å². The molecule has 0 aliphatic heterocycles. The lowest BCUT2D eigenvalue weighted by Gasteiger charge is -2.20. The zero-order chi connectivity index (χ0) is 22.6. The Morgan fingerprint density at radius 1 is 0.714 bits per heavy atom. The standard InChI is InChI=1S/2C9H18N2O3/c2*1-4-5(2)7(9(13)14)11-8(12)6(3)10/h2*5-7H,4,10H2,1-3H3,(H,11,12)(H,13,14)/t2*5-,6-,7-/m00/s1. The second kappa shape index (κ2) is 13.9. The first kappa shape index (κ1) is 28.0. The zero-order valence-corrected chi connectivity index (χ0v) is 17.6. The topological polar surface area (TPSA) is 185 Å². The average molecular weight is 405 g/mol. The number of aliphatic carboxylic acids is 2. The minimum Gasteiger partial charge on any atom is -0.480 e. The second-order valence-corrected chi connectivity index (χ2v) is 7.00. The van der Waals surface area contributed by atoms with E-state index in [9.17, 15) is 19.2 Å². The number of carbonyl (C=O) groups is 4. The first-order valence-corrected chi connectivity index (χ1v) is 9.37. The van der Waals surface area contributed by atoms with Gasteiger partial charge in [0.2, 0.25) is 11.8 Å². The van der Waals surface area contributed by atoms with Gasteiger partial charge in [-0.25, -0.2) is 9.59 Å². The molecule has 0 fully saturated rings. The monoisotopic (exact) mass is 404 g/mol. The maximum atomic E-state index is 11.2. The summed E-state index contributed by atoms with van der Waals surface area (Å²) in [7, 11) is 0. The van der Waals surface area contributed by atoms with Crippen molar-refractivity contribution in [3.05, 3.63) is 0 Å². The summed E-state index contributed by atoms with van der Waals surface area (Å²) in [6.07, 6.45) is 1.38. The Kier molecular flexibility index (Phi) is 13.9. The molecule has 0 unspecified atom stereocenters. The number of carboxylic acids is 2. The highest BCUT2D eigenvalue weighted by atomic mass is 16.4. The molecule has 8 N–H and O–H groups in total. The molecule has 0 rings (SSSR count). The fourth-order valence-electron chi connectivity index (χ4n) is 1.94. The highest BCUT2D eigenvalue weighted by Crippen LogP contribution is 2.08. The van der Waals surface area contributed by atoms with Crippen LogP contribution in [0.1, 0.15) is 54.4 Å². The maximum Gasteiger partial charge on any atom is 0.326 e. The molecule has 0 saturated heterocycles. The maximum absolute atomic E-state index is 11.2. The van der Waals surface area contributed by atoms with Crippen LogP contribution in [-0.2, 0) is 19.2 Å².